The number of H-pyrrole nitrogens is 1. The predicted octanol–water partition coefficient (Wildman–Crippen LogP) is 3.26. The van der Waals surface area contributed by atoms with Crippen LogP contribution in [0.25, 0.3) is 10.9 Å². The third-order valence-corrected chi connectivity index (χ3v) is 6.73. The second-order valence-corrected chi connectivity index (χ2v) is 8.82. The lowest BCUT2D eigenvalue weighted by Crippen LogP contribution is -2.46. The first-order valence-corrected chi connectivity index (χ1v) is 11.7. The van der Waals surface area contributed by atoms with Gasteiger partial charge in [-0.2, -0.15) is 0 Å². The van der Waals surface area contributed by atoms with Crippen LogP contribution in [0.15, 0.2) is 18.2 Å². The van der Waals surface area contributed by atoms with Crippen LogP contribution in [0.3, 0.4) is 0 Å². The molecule has 0 unspecified atom stereocenters. The van der Waals surface area contributed by atoms with Gasteiger partial charge in [-0.3, -0.25) is 4.79 Å². The Labute approximate surface area is 185 Å². The van der Waals surface area contributed by atoms with E-state index < -0.39 is 0 Å². The van der Waals surface area contributed by atoms with Crippen molar-refractivity contribution in [1.82, 2.24) is 20.1 Å². The minimum atomic E-state index is -0.0553. The fourth-order valence-electron chi connectivity index (χ4n) is 4.79. The number of fused-ring (bicyclic) bond motifs is 1. The summed E-state index contributed by atoms with van der Waals surface area (Å²) in [6.45, 7) is 6.94. The van der Waals surface area contributed by atoms with Crippen LogP contribution in [0.1, 0.15) is 49.0 Å². The monoisotopic (exact) mass is 428 g/mol. The van der Waals surface area contributed by atoms with Crippen molar-refractivity contribution in [2.45, 2.75) is 44.6 Å². The van der Waals surface area contributed by atoms with Crippen molar-refractivity contribution in [3.05, 3.63) is 23.9 Å². The molecule has 2 fully saturated rings. The molecule has 0 aliphatic carbocycles. The number of methoxy groups -OCH3 is 2. The Bertz CT molecular complexity index is 865. The molecule has 170 valence electrons. The maximum Gasteiger partial charge on any atom is 0.267 e. The lowest BCUT2D eigenvalue weighted by Gasteiger charge is -2.33. The number of hydrogen-bond donors (Lipinski definition) is 2. The number of ether oxygens (including phenoxy) is 2. The number of nitrogens with one attached hydrogen (secondary N) is 2. The maximum absolute atomic E-state index is 12.8. The second-order valence-electron chi connectivity index (χ2n) is 8.82. The van der Waals surface area contributed by atoms with E-state index in [4.69, 9.17) is 9.47 Å². The molecule has 3 heterocycles. The molecule has 1 amide bonds. The topological polar surface area (TPSA) is 69.8 Å². The number of carbonyl (C=O) groups excluding carboxylic acids is 1. The minimum absolute atomic E-state index is 0.0553. The number of likely N-dealkylation sites (tertiary alicyclic amines) is 2. The van der Waals surface area contributed by atoms with E-state index >= 15 is 0 Å². The van der Waals surface area contributed by atoms with Crippen LogP contribution in [0, 0.1) is 0 Å². The van der Waals surface area contributed by atoms with Crippen LogP contribution < -0.4 is 14.8 Å². The SMILES string of the molecule is COc1cc(OC)c2cc(C(=O)NC3CCN(CCN4CCCCCC4)CC3)[nH]c2c1. The quantitative estimate of drug-likeness (QED) is 0.708. The van der Waals surface area contributed by atoms with Crippen LogP contribution in [0.2, 0.25) is 0 Å². The molecular weight excluding hydrogens is 392 g/mol. The summed E-state index contributed by atoms with van der Waals surface area (Å²) in [4.78, 5) is 21.2. The van der Waals surface area contributed by atoms with E-state index in [9.17, 15) is 4.79 Å². The van der Waals surface area contributed by atoms with Crippen molar-refractivity contribution >= 4 is 16.8 Å². The van der Waals surface area contributed by atoms with E-state index in [-0.39, 0.29) is 11.9 Å². The minimum Gasteiger partial charge on any atom is -0.497 e. The van der Waals surface area contributed by atoms with Crippen molar-refractivity contribution in [1.29, 1.82) is 0 Å². The zero-order valence-corrected chi connectivity index (χ0v) is 18.9. The molecule has 0 atom stereocenters. The van der Waals surface area contributed by atoms with Gasteiger partial charge in [-0.15, -0.1) is 0 Å². The largest absolute Gasteiger partial charge is 0.497 e. The predicted molar refractivity (Wildman–Crippen MR) is 123 cm³/mol. The highest BCUT2D eigenvalue weighted by Gasteiger charge is 2.23. The molecule has 1 aromatic carbocycles. The lowest BCUT2D eigenvalue weighted by molar-refractivity contribution is 0.0902. The molecule has 2 N–H and O–H groups in total. The van der Waals surface area contributed by atoms with E-state index in [0.29, 0.717) is 17.2 Å². The standard InChI is InChI=1S/C24H36N4O3/c1-30-19-15-21-20(23(16-19)31-2)17-22(26-21)24(29)25-18-7-11-28(12-8-18)14-13-27-9-5-3-4-6-10-27/h15-18,26H,3-14H2,1-2H3,(H,25,29). The fourth-order valence-corrected chi connectivity index (χ4v) is 4.79. The fraction of sp³-hybridized carbons (Fsp3) is 0.625. The summed E-state index contributed by atoms with van der Waals surface area (Å²) in [5, 5.41) is 4.10. The number of piperidine rings is 1. The van der Waals surface area contributed by atoms with Crippen molar-refractivity contribution in [3.8, 4) is 11.5 Å². The Balaban J connectivity index is 1.28. The van der Waals surface area contributed by atoms with E-state index in [1.165, 1.54) is 45.3 Å². The Hall–Kier alpha value is -2.25. The van der Waals surface area contributed by atoms with Gasteiger partial charge in [0.15, 0.2) is 0 Å². The number of amides is 1. The Kier molecular flexibility index (Phi) is 7.35. The van der Waals surface area contributed by atoms with E-state index in [0.717, 1.165) is 43.4 Å². The lowest BCUT2D eigenvalue weighted by atomic mass is 10.0. The van der Waals surface area contributed by atoms with E-state index in [1.54, 1.807) is 14.2 Å². The molecule has 1 aromatic heterocycles. The van der Waals surface area contributed by atoms with E-state index in [2.05, 4.69) is 20.1 Å². The third kappa shape index (κ3) is 5.52. The van der Waals surface area contributed by atoms with Gasteiger partial charge < -0.3 is 29.6 Å². The molecule has 7 nitrogen and oxygen atoms in total. The molecular formula is C24H36N4O3. The number of hydrogen-bond acceptors (Lipinski definition) is 5. The Morgan fingerprint density at radius 2 is 1.65 bits per heavy atom. The number of rotatable bonds is 7. The zero-order chi connectivity index (χ0) is 21.6. The summed E-state index contributed by atoms with van der Waals surface area (Å²) < 4.78 is 10.8. The number of aromatic amines is 1. The van der Waals surface area contributed by atoms with Gasteiger partial charge in [0.1, 0.15) is 17.2 Å². The van der Waals surface area contributed by atoms with Crippen LogP contribution in [0.4, 0.5) is 0 Å². The number of benzene rings is 1. The smallest absolute Gasteiger partial charge is 0.267 e. The maximum atomic E-state index is 12.8. The van der Waals surface area contributed by atoms with Gasteiger partial charge >= 0.3 is 0 Å². The van der Waals surface area contributed by atoms with Gasteiger partial charge in [0.2, 0.25) is 0 Å². The molecule has 31 heavy (non-hydrogen) atoms. The summed E-state index contributed by atoms with van der Waals surface area (Å²) in [6, 6.07) is 5.81. The highest BCUT2D eigenvalue weighted by molar-refractivity contribution is 6.00. The first kappa shape index (κ1) is 22.0. The van der Waals surface area contributed by atoms with Crippen LogP contribution in [0.5, 0.6) is 11.5 Å². The molecule has 2 saturated heterocycles. The average Bonchev–Trinajstić information content (AvgIpc) is 3.06. The van der Waals surface area contributed by atoms with Gasteiger partial charge in [-0.25, -0.2) is 0 Å². The molecule has 2 aromatic rings. The second kappa shape index (κ2) is 10.4. The van der Waals surface area contributed by atoms with Crippen molar-refractivity contribution in [3.63, 3.8) is 0 Å². The highest BCUT2D eigenvalue weighted by Crippen LogP contribution is 2.31. The van der Waals surface area contributed by atoms with E-state index in [1.807, 2.05) is 18.2 Å². The molecule has 0 bridgehead atoms. The van der Waals surface area contributed by atoms with Gasteiger partial charge in [0.05, 0.1) is 19.7 Å². The Morgan fingerprint density at radius 3 is 2.29 bits per heavy atom. The van der Waals surface area contributed by atoms with Gasteiger partial charge in [-0.05, 0) is 44.8 Å². The van der Waals surface area contributed by atoms with Gasteiger partial charge in [0, 0.05) is 49.7 Å². The highest BCUT2D eigenvalue weighted by atomic mass is 16.5. The van der Waals surface area contributed by atoms with Crippen LogP contribution >= 0.6 is 0 Å². The number of aromatic nitrogens is 1. The first-order valence-electron chi connectivity index (χ1n) is 11.7. The van der Waals surface area contributed by atoms with Crippen LogP contribution in [-0.4, -0.2) is 80.2 Å². The Morgan fingerprint density at radius 1 is 0.968 bits per heavy atom. The molecule has 0 radical (unpaired) electrons. The molecule has 2 aliphatic rings. The summed E-state index contributed by atoms with van der Waals surface area (Å²) in [5.41, 5.74) is 1.40. The summed E-state index contributed by atoms with van der Waals surface area (Å²) in [5.74, 6) is 1.34. The van der Waals surface area contributed by atoms with Crippen molar-refractivity contribution in [2.75, 3.05) is 53.5 Å². The van der Waals surface area contributed by atoms with Crippen molar-refractivity contribution in [2.24, 2.45) is 0 Å². The molecule has 0 spiro atoms. The number of nitrogens with zero attached hydrogens (tertiary/aromatic N) is 2. The number of carbonyl (C=O) groups is 1. The molecule has 0 saturated carbocycles. The normalized spacial score (nSPS) is 19.3. The van der Waals surface area contributed by atoms with Gasteiger partial charge in [0.25, 0.3) is 5.91 Å². The van der Waals surface area contributed by atoms with Gasteiger partial charge in [-0.1, -0.05) is 12.8 Å². The molecule has 4 rings (SSSR count). The molecule has 7 heteroatoms. The van der Waals surface area contributed by atoms with Crippen molar-refractivity contribution < 1.29 is 14.3 Å². The summed E-state index contributed by atoms with van der Waals surface area (Å²) >= 11 is 0. The average molecular weight is 429 g/mol. The summed E-state index contributed by atoms with van der Waals surface area (Å²) in [6.07, 6.45) is 7.48. The van der Waals surface area contributed by atoms with Crippen LogP contribution in [-0.2, 0) is 0 Å². The zero-order valence-electron chi connectivity index (χ0n) is 18.9. The molecule has 2 aliphatic heterocycles. The first-order chi connectivity index (χ1) is 15.2. The summed E-state index contributed by atoms with van der Waals surface area (Å²) in [7, 11) is 3.25. The third-order valence-electron chi connectivity index (χ3n) is 6.73.